The van der Waals surface area contributed by atoms with Crippen molar-refractivity contribution >= 4 is 11.9 Å². The maximum absolute atomic E-state index is 11.8. The maximum Gasteiger partial charge on any atom is 0.356 e. The molecule has 0 spiro atoms. The fraction of sp³-hybridized carbons (Fsp3) is 0.571. The number of aliphatic hydroxyl groups is 1. The number of carboxylic acids is 1. The first-order valence-corrected chi connectivity index (χ1v) is 6.77. The van der Waals surface area contributed by atoms with Crippen molar-refractivity contribution in [3.63, 3.8) is 0 Å². The molecule has 1 aromatic rings. The van der Waals surface area contributed by atoms with E-state index in [0.29, 0.717) is 12.3 Å². The van der Waals surface area contributed by atoms with Crippen LogP contribution in [0.4, 0.5) is 0 Å². The molecule has 0 radical (unpaired) electrons. The van der Waals surface area contributed by atoms with Crippen LogP contribution in [-0.4, -0.2) is 44.2 Å². The van der Waals surface area contributed by atoms with Gasteiger partial charge in [-0.25, -0.2) is 14.8 Å². The predicted molar refractivity (Wildman–Crippen MR) is 76.0 cm³/mol. The molecule has 3 N–H and O–H groups in total. The third-order valence-electron chi connectivity index (χ3n) is 2.99. The van der Waals surface area contributed by atoms with Gasteiger partial charge in [0, 0.05) is 6.54 Å². The molecule has 7 nitrogen and oxygen atoms in total. The summed E-state index contributed by atoms with van der Waals surface area (Å²) in [5, 5.41) is 21.4. The molecule has 1 amide bonds. The molecule has 1 atom stereocenters. The minimum absolute atomic E-state index is 0.0136. The van der Waals surface area contributed by atoms with E-state index in [0.717, 1.165) is 18.8 Å². The maximum atomic E-state index is 11.8. The molecule has 0 bridgehead atoms. The zero-order valence-corrected chi connectivity index (χ0v) is 12.5. The Morgan fingerprint density at radius 2 is 1.86 bits per heavy atom. The van der Waals surface area contributed by atoms with Crippen LogP contribution >= 0.6 is 0 Å². The van der Waals surface area contributed by atoms with E-state index in [1.807, 2.05) is 0 Å². The van der Waals surface area contributed by atoms with E-state index in [9.17, 15) is 14.7 Å². The van der Waals surface area contributed by atoms with Crippen molar-refractivity contribution in [3.05, 3.63) is 23.8 Å². The number of aromatic carboxylic acids is 1. The summed E-state index contributed by atoms with van der Waals surface area (Å²) in [6, 6.07) is 0. The number of hydrogen-bond donors (Lipinski definition) is 3. The largest absolute Gasteiger partial charge is 0.476 e. The minimum Gasteiger partial charge on any atom is -0.476 e. The van der Waals surface area contributed by atoms with E-state index in [1.54, 1.807) is 6.92 Å². The summed E-state index contributed by atoms with van der Waals surface area (Å²) < 4.78 is 0. The van der Waals surface area contributed by atoms with Crippen LogP contribution in [-0.2, 0) is 0 Å². The molecule has 7 heteroatoms. The predicted octanol–water partition coefficient (Wildman–Crippen LogP) is 1.09. The van der Waals surface area contributed by atoms with Gasteiger partial charge in [0.15, 0.2) is 5.69 Å². The molecule has 0 saturated heterocycles. The first kappa shape index (κ1) is 17.0. The van der Waals surface area contributed by atoms with Gasteiger partial charge in [-0.2, -0.15) is 0 Å². The second-order valence-corrected chi connectivity index (χ2v) is 5.70. The minimum atomic E-state index is -1.20. The van der Waals surface area contributed by atoms with Crippen molar-refractivity contribution in [2.45, 2.75) is 39.2 Å². The van der Waals surface area contributed by atoms with Crippen molar-refractivity contribution in [2.24, 2.45) is 5.92 Å². The van der Waals surface area contributed by atoms with Gasteiger partial charge in [0.25, 0.3) is 5.91 Å². The second-order valence-electron chi connectivity index (χ2n) is 5.70. The van der Waals surface area contributed by atoms with Crippen LogP contribution < -0.4 is 5.32 Å². The average Bonchev–Trinajstić information content (AvgIpc) is 2.43. The SMILES string of the molecule is CC(C)CCC(C)(O)CNC(=O)c1cnc(C(=O)O)cn1. The van der Waals surface area contributed by atoms with E-state index >= 15 is 0 Å². The van der Waals surface area contributed by atoms with E-state index in [1.165, 1.54) is 0 Å². The van der Waals surface area contributed by atoms with Gasteiger partial charge in [-0.3, -0.25) is 4.79 Å². The zero-order valence-electron chi connectivity index (χ0n) is 12.5. The molecule has 1 aromatic heterocycles. The lowest BCUT2D eigenvalue weighted by molar-refractivity contribution is 0.0428. The summed E-state index contributed by atoms with van der Waals surface area (Å²) in [5.74, 6) is -1.23. The molecule has 0 aliphatic rings. The fourth-order valence-corrected chi connectivity index (χ4v) is 1.60. The summed E-state index contributed by atoms with van der Waals surface area (Å²) in [5.41, 5.74) is -1.20. The Morgan fingerprint density at radius 3 is 2.33 bits per heavy atom. The molecule has 0 saturated carbocycles. The number of rotatable bonds is 7. The zero-order chi connectivity index (χ0) is 16.0. The molecule has 0 aromatic carbocycles. The average molecular weight is 295 g/mol. The van der Waals surface area contributed by atoms with Gasteiger partial charge in [-0.15, -0.1) is 0 Å². The lowest BCUT2D eigenvalue weighted by atomic mass is 9.95. The van der Waals surface area contributed by atoms with Crippen molar-refractivity contribution in [3.8, 4) is 0 Å². The number of carbonyl (C=O) groups is 2. The Labute approximate surface area is 123 Å². The standard InChI is InChI=1S/C14H21N3O4/c1-9(2)4-5-14(3,21)8-17-12(18)10-6-16-11(7-15-10)13(19)20/h6-7,9,21H,4-5,8H2,1-3H3,(H,17,18)(H,19,20). The van der Waals surface area contributed by atoms with Gasteiger partial charge >= 0.3 is 5.97 Å². The fourth-order valence-electron chi connectivity index (χ4n) is 1.60. The van der Waals surface area contributed by atoms with Crippen molar-refractivity contribution in [1.29, 1.82) is 0 Å². The highest BCUT2D eigenvalue weighted by Gasteiger charge is 2.22. The highest BCUT2D eigenvalue weighted by molar-refractivity contribution is 5.92. The smallest absolute Gasteiger partial charge is 0.356 e. The molecule has 0 aliphatic carbocycles. The van der Waals surface area contributed by atoms with Crippen LogP contribution in [0.3, 0.4) is 0 Å². The Bertz CT molecular complexity index is 497. The van der Waals surface area contributed by atoms with E-state index in [4.69, 9.17) is 5.11 Å². The first-order valence-electron chi connectivity index (χ1n) is 6.77. The Balaban J connectivity index is 2.55. The number of hydrogen-bond acceptors (Lipinski definition) is 5. The molecule has 116 valence electrons. The summed E-state index contributed by atoms with van der Waals surface area (Å²) in [4.78, 5) is 29.8. The number of amides is 1. The third kappa shape index (κ3) is 5.86. The quantitative estimate of drug-likeness (QED) is 0.694. The first-order chi connectivity index (χ1) is 9.71. The topological polar surface area (TPSA) is 112 Å². The van der Waals surface area contributed by atoms with Crippen LogP contribution in [0.2, 0.25) is 0 Å². The van der Waals surface area contributed by atoms with Crippen LogP contribution in [0.5, 0.6) is 0 Å². The van der Waals surface area contributed by atoms with E-state index < -0.39 is 17.5 Å². The van der Waals surface area contributed by atoms with E-state index in [2.05, 4.69) is 29.1 Å². The number of nitrogens with one attached hydrogen (secondary N) is 1. The number of nitrogens with zero attached hydrogens (tertiary/aromatic N) is 2. The molecule has 0 aliphatic heterocycles. The number of carbonyl (C=O) groups excluding carboxylic acids is 1. The van der Waals surface area contributed by atoms with Crippen molar-refractivity contribution < 1.29 is 19.8 Å². The van der Waals surface area contributed by atoms with Gasteiger partial charge in [-0.05, 0) is 25.7 Å². The van der Waals surface area contributed by atoms with E-state index in [-0.39, 0.29) is 17.9 Å². The Kier molecular flexibility index (Phi) is 5.78. The summed E-state index contributed by atoms with van der Waals surface area (Å²) in [6.07, 6.45) is 3.56. The normalized spacial score (nSPS) is 13.8. The Morgan fingerprint density at radius 1 is 1.29 bits per heavy atom. The van der Waals surface area contributed by atoms with Crippen LogP contribution in [0.1, 0.15) is 54.6 Å². The van der Waals surface area contributed by atoms with Gasteiger partial charge in [0.05, 0.1) is 18.0 Å². The molecule has 1 rings (SSSR count). The molecule has 21 heavy (non-hydrogen) atoms. The lowest BCUT2D eigenvalue weighted by Crippen LogP contribution is -2.41. The number of aromatic nitrogens is 2. The molecule has 1 unspecified atom stereocenters. The molecular weight excluding hydrogens is 274 g/mol. The third-order valence-corrected chi connectivity index (χ3v) is 2.99. The highest BCUT2D eigenvalue weighted by atomic mass is 16.4. The van der Waals surface area contributed by atoms with Crippen LogP contribution in [0, 0.1) is 5.92 Å². The second kappa shape index (κ2) is 7.12. The number of carboxylic acid groups (broad SMARTS) is 1. The van der Waals surface area contributed by atoms with Crippen LogP contribution in [0.25, 0.3) is 0 Å². The molecule has 1 heterocycles. The lowest BCUT2D eigenvalue weighted by Gasteiger charge is -2.24. The van der Waals surface area contributed by atoms with Gasteiger partial charge in [-0.1, -0.05) is 13.8 Å². The van der Waals surface area contributed by atoms with Crippen molar-refractivity contribution in [2.75, 3.05) is 6.54 Å². The highest BCUT2D eigenvalue weighted by Crippen LogP contribution is 2.15. The van der Waals surface area contributed by atoms with Gasteiger partial charge < -0.3 is 15.5 Å². The molecule has 0 fully saturated rings. The van der Waals surface area contributed by atoms with Gasteiger partial charge in [0.1, 0.15) is 5.69 Å². The summed E-state index contributed by atoms with van der Waals surface area (Å²) in [7, 11) is 0. The van der Waals surface area contributed by atoms with Crippen LogP contribution in [0.15, 0.2) is 12.4 Å². The Hall–Kier alpha value is -2.02. The monoisotopic (exact) mass is 295 g/mol. The molecular formula is C14H21N3O4. The summed E-state index contributed by atoms with van der Waals surface area (Å²) >= 11 is 0. The van der Waals surface area contributed by atoms with Gasteiger partial charge in [0.2, 0.25) is 0 Å². The van der Waals surface area contributed by atoms with Crippen molar-refractivity contribution in [1.82, 2.24) is 15.3 Å². The summed E-state index contributed by atoms with van der Waals surface area (Å²) in [6.45, 7) is 5.89.